The SMILES string of the molecule is COc1ccc2c(c1)c(OC(=O)c1ccccc1F)nn2Cc1cccc([N+](=O)[O-])c1. The number of nitro benzene ring substituents is 1. The maximum Gasteiger partial charge on any atom is 0.347 e. The number of halogens is 1. The Kier molecular flexibility index (Phi) is 5.31. The first-order valence-electron chi connectivity index (χ1n) is 9.21. The molecule has 0 bridgehead atoms. The summed E-state index contributed by atoms with van der Waals surface area (Å²) in [7, 11) is 1.50. The van der Waals surface area contributed by atoms with Gasteiger partial charge in [0, 0.05) is 12.1 Å². The standard InChI is InChI=1S/C22H16FN3O5/c1-30-16-9-10-20-18(12-16)21(31-22(27)17-7-2-3-8-19(17)23)24-25(20)13-14-5-4-6-15(11-14)26(28)29/h2-12H,13H2,1H3. The van der Waals surface area contributed by atoms with Crippen LogP contribution in [0, 0.1) is 15.9 Å². The number of non-ortho nitro benzene ring substituents is 1. The van der Waals surface area contributed by atoms with Gasteiger partial charge in [0.15, 0.2) is 0 Å². The molecular formula is C22H16FN3O5. The highest BCUT2D eigenvalue weighted by molar-refractivity contribution is 5.94. The fourth-order valence-corrected chi connectivity index (χ4v) is 3.16. The van der Waals surface area contributed by atoms with Crippen LogP contribution >= 0.6 is 0 Å². The smallest absolute Gasteiger partial charge is 0.347 e. The van der Waals surface area contributed by atoms with Crippen LogP contribution in [0.3, 0.4) is 0 Å². The molecule has 0 spiro atoms. The fourth-order valence-electron chi connectivity index (χ4n) is 3.16. The van der Waals surface area contributed by atoms with E-state index in [9.17, 15) is 19.3 Å². The summed E-state index contributed by atoms with van der Waals surface area (Å²) in [6.07, 6.45) is 0. The molecule has 1 aromatic heterocycles. The number of carbonyl (C=O) groups excluding carboxylic acids is 1. The molecule has 0 fully saturated rings. The van der Waals surface area contributed by atoms with Crippen molar-refractivity contribution in [3.05, 3.63) is 93.8 Å². The van der Waals surface area contributed by atoms with Gasteiger partial charge in [0.2, 0.25) is 5.88 Å². The highest BCUT2D eigenvalue weighted by Crippen LogP contribution is 2.30. The summed E-state index contributed by atoms with van der Waals surface area (Å²) in [6.45, 7) is 0.196. The Hall–Kier alpha value is -4.27. The second-order valence-electron chi connectivity index (χ2n) is 6.64. The molecule has 0 saturated heterocycles. The van der Waals surface area contributed by atoms with Gasteiger partial charge in [-0.3, -0.25) is 14.8 Å². The van der Waals surface area contributed by atoms with Crippen LogP contribution in [0.2, 0.25) is 0 Å². The highest BCUT2D eigenvalue weighted by atomic mass is 19.1. The average molecular weight is 421 g/mol. The predicted octanol–water partition coefficient (Wildman–Crippen LogP) is 4.36. The van der Waals surface area contributed by atoms with Crippen molar-refractivity contribution in [3.63, 3.8) is 0 Å². The minimum absolute atomic E-state index is 0.0208. The normalized spacial score (nSPS) is 10.8. The van der Waals surface area contributed by atoms with Gasteiger partial charge in [-0.05, 0) is 35.9 Å². The second-order valence-corrected chi connectivity index (χ2v) is 6.64. The van der Waals surface area contributed by atoms with E-state index in [1.165, 1.54) is 43.5 Å². The molecule has 3 aromatic carbocycles. The first-order chi connectivity index (χ1) is 15.0. The van der Waals surface area contributed by atoms with Gasteiger partial charge >= 0.3 is 5.97 Å². The van der Waals surface area contributed by atoms with E-state index in [1.807, 2.05) is 0 Å². The number of nitro groups is 1. The van der Waals surface area contributed by atoms with Gasteiger partial charge in [-0.15, -0.1) is 5.10 Å². The van der Waals surface area contributed by atoms with E-state index in [0.717, 1.165) is 0 Å². The zero-order valence-electron chi connectivity index (χ0n) is 16.3. The number of carbonyl (C=O) groups is 1. The van der Waals surface area contributed by atoms with Gasteiger partial charge in [-0.2, -0.15) is 0 Å². The average Bonchev–Trinajstić information content (AvgIpc) is 3.10. The quantitative estimate of drug-likeness (QED) is 0.261. The van der Waals surface area contributed by atoms with Crippen LogP contribution in [0.1, 0.15) is 15.9 Å². The molecule has 0 unspecified atom stereocenters. The molecule has 0 aliphatic rings. The van der Waals surface area contributed by atoms with E-state index in [1.54, 1.807) is 35.0 Å². The number of ether oxygens (including phenoxy) is 2. The molecular weight excluding hydrogens is 405 g/mol. The van der Waals surface area contributed by atoms with Gasteiger partial charge in [0.1, 0.15) is 11.6 Å². The molecule has 31 heavy (non-hydrogen) atoms. The number of benzene rings is 3. The largest absolute Gasteiger partial charge is 0.497 e. The van der Waals surface area contributed by atoms with Crippen molar-refractivity contribution < 1.29 is 23.6 Å². The molecule has 1 heterocycles. The van der Waals surface area contributed by atoms with Gasteiger partial charge in [-0.1, -0.05) is 24.3 Å². The van der Waals surface area contributed by atoms with Crippen LogP contribution in [0.25, 0.3) is 10.9 Å². The molecule has 0 atom stereocenters. The Bertz CT molecular complexity index is 1300. The molecule has 8 nitrogen and oxygen atoms in total. The number of fused-ring (bicyclic) bond motifs is 1. The number of esters is 1. The summed E-state index contributed by atoms with van der Waals surface area (Å²) in [4.78, 5) is 23.1. The topological polar surface area (TPSA) is 96.5 Å². The van der Waals surface area contributed by atoms with Gasteiger partial charge in [0.05, 0.1) is 35.0 Å². The Morgan fingerprint density at radius 1 is 1.13 bits per heavy atom. The molecule has 0 radical (unpaired) electrons. The van der Waals surface area contributed by atoms with Crippen molar-refractivity contribution in [2.75, 3.05) is 7.11 Å². The number of hydrogen-bond acceptors (Lipinski definition) is 6. The van der Waals surface area contributed by atoms with E-state index < -0.39 is 16.7 Å². The lowest BCUT2D eigenvalue weighted by molar-refractivity contribution is -0.384. The summed E-state index contributed by atoms with van der Waals surface area (Å²) in [5, 5.41) is 15.9. The van der Waals surface area contributed by atoms with Crippen molar-refractivity contribution >= 4 is 22.6 Å². The Balaban J connectivity index is 1.74. The Morgan fingerprint density at radius 2 is 1.94 bits per heavy atom. The number of hydrogen-bond donors (Lipinski definition) is 0. The summed E-state index contributed by atoms with van der Waals surface area (Å²) < 4.78 is 26.2. The second kappa shape index (κ2) is 8.23. The van der Waals surface area contributed by atoms with Crippen LogP contribution in [-0.4, -0.2) is 27.8 Å². The molecule has 4 rings (SSSR count). The third-order valence-corrected chi connectivity index (χ3v) is 4.66. The first-order valence-corrected chi connectivity index (χ1v) is 9.21. The van der Waals surface area contributed by atoms with E-state index >= 15 is 0 Å². The summed E-state index contributed by atoms with van der Waals surface area (Å²) in [5.41, 5.74) is 0.999. The molecule has 0 N–H and O–H groups in total. The number of rotatable bonds is 6. The zero-order valence-corrected chi connectivity index (χ0v) is 16.3. The van der Waals surface area contributed by atoms with Gasteiger partial charge < -0.3 is 9.47 Å². The number of nitrogens with zero attached hydrogens (tertiary/aromatic N) is 3. The molecule has 0 aliphatic heterocycles. The van der Waals surface area contributed by atoms with E-state index in [2.05, 4.69) is 5.10 Å². The van der Waals surface area contributed by atoms with E-state index in [0.29, 0.717) is 22.2 Å². The van der Waals surface area contributed by atoms with Crippen molar-refractivity contribution in [3.8, 4) is 11.6 Å². The lowest BCUT2D eigenvalue weighted by Gasteiger charge is -2.04. The number of methoxy groups -OCH3 is 1. The molecule has 9 heteroatoms. The predicted molar refractivity (Wildman–Crippen MR) is 110 cm³/mol. The monoisotopic (exact) mass is 421 g/mol. The first kappa shape index (κ1) is 20.0. The third-order valence-electron chi connectivity index (χ3n) is 4.66. The van der Waals surface area contributed by atoms with Crippen LogP contribution in [0.5, 0.6) is 11.6 Å². The van der Waals surface area contributed by atoms with E-state index in [-0.39, 0.29) is 23.7 Å². The van der Waals surface area contributed by atoms with E-state index in [4.69, 9.17) is 9.47 Å². The van der Waals surface area contributed by atoms with Crippen LogP contribution in [-0.2, 0) is 6.54 Å². The zero-order chi connectivity index (χ0) is 22.0. The molecule has 0 saturated carbocycles. The maximum atomic E-state index is 14.0. The van der Waals surface area contributed by atoms with Crippen molar-refractivity contribution in [2.24, 2.45) is 0 Å². The lowest BCUT2D eigenvalue weighted by Crippen LogP contribution is -2.11. The number of aromatic nitrogens is 2. The van der Waals surface area contributed by atoms with Crippen LogP contribution < -0.4 is 9.47 Å². The summed E-state index contributed by atoms with van der Waals surface area (Å²) in [5.74, 6) is -1.09. The Labute approximate surface area is 175 Å². The molecule has 156 valence electrons. The lowest BCUT2D eigenvalue weighted by atomic mass is 10.2. The third kappa shape index (κ3) is 4.06. The summed E-state index contributed by atoms with van der Waals surface area (Å²) in [6, 6.07) is 16.8. The molecule has 4 aromatic rings. The van der Waals surface area contributed by atoms with Crippen molar-refractivity contribution in [1.82, 2.24) is 9.78 Å². The minimum Gasteiger partial charge on any atom is -0.497 e. The Morgan fingerprint density at radius 3 is 2.68 bits per heavy atom. The maximum absolute atomic E-state index is 14.0. The van der Waals surface area contributed by atoms with Gasteiger partial charge in [0.25, 0.3) is 5.69 Å². The van der Waals surface area contributed by atoms with Crippen molar-refractivity contribution in [2.45, 2.75) is 6.54 Å². The fraction of sp³-hybridized carbons (Fsp3) is 0.0909. The summed E-state index contributed by atoms with van der Waals surface area (Å²) >= 11 is 0. The minimum atomic E-state index is -0.886. The highest BCUT2D eigenvalue weighted by Gasteiger charge is 2.20. The molecule has 0 aliphatic carbocycles. The van der Waals surface area contributed by atoms with Crippen LogP contribution in [0.15, 0.2) is 66.7 Å². The van der Waals surface area contributed by atoms with Crippen molar-refractivity contribution in [1.29, 1.82) is 0 Å². The van der Waals surface area contributed by atoms with Crippen LogP contribution in [0.4, 0.5) is 10.1 Å². The van der Waals surface area contributed by atoms with Gasteiger partial charge in [-0.25, -0.2) is 9.18 Å². The molecule has 0 amide bonds.